The van der Waals surface area contributed by atoms with Crippen LogP contribution in [0.1, 0.15) is 11.1 Å². The van der Waals surface area contributed by atoms with Gasteiger partial charge >= 0.3 is 12.4 Å². The first-order valence-electron chi connectivity index (χ1n) is 6.24. The minimum atomic E-state index is -4.79. The van der Waals surface area contributed by atoms with E-state index in [1.54, 1.807) is 0 Å². The number of hydrogen-bond donors (Lipinski definition) is 2. The number of hydrazine groups is 1. The predicted octanol–water partition coefficient (Wildman–Crippen LogP) is 6.47. The largest absolute Gasteiger partial charge is 0.419 e. The number of hydrogen-bond acceptors (Lipinski definition) is 2. The molecule has 0 saturated carbocycles. The van der Waals surface area contributed by atoms with Crippen LogP contribution in [0.4, 0.5) is 37.7 Å². The van der Waals surface area contributed by atoms with Crippen molar-refractivity contribution < 1.29 is 26.3 Å². The van der Waals surface area contributed by atoms with Crippen LogP contribution in [0.25, 0.3) is 0 Å². The van der Waals surface area contributed by atoms with Gasteiger partial charge in [-0.2, -0.15) is 26.3 Å². The molecule has 0 aliphatic carbocycles. The molecule has 0 unspecified atom stereocenters. The second kappa shape index (κ2) is 6.60. The lowest BCUT2D eigenvalue weighted by atomic mass is 10.1. The van der Waals surface area contributed by atoms with Crippen LogP contribution in [0.15, 0.2) is 36.4 Å². The Labute approximate surface area is 142 Å². The summed E-state index contributed by atoms with van der Waals surface area (Å²) in [6, 6.07) is 5.96. The molecule has 130 valence electrons. The van der Waals surface area contributed by atoms with Crippen molar-refractivity contribution in [2.75, 3.05) is 10.9 Å². The topological polar surface area (TPSA) is 24.1 Å². The molecule has 0 amide bonds. The lowest BCUT2D eigenvalue weighted by Crippen LogP contribution is -2.18. The second-order valence-electron chi connectivity index (χ2n) is 4.60. The van der Waals surface area contributed by atoms with Crippen molar-refractivity contribution in [2.45, 2.75) is 12.4 Å². The first-order chi connectivity index (χ1) is 11.0. The van der Waals surface area contributed by atoms with E-state index >= 15 is 0 Å². The van der Waals surface area contributed by atoms with E-state index < -0.39 is 39.9 Å². The molecule has 2 nitrogen and oxygen atoms in total. The molecule has 2 aromatic rings. The van der Waals surface area contributed by atoms with E-state index in [2.05, 4.69) is 10.9 Å². The maximum absolute atomic E-state index is 13.0. The van der Waals surface area contributed by atoms with E-state index in [9.17, 15) is 26.3 Å². The Bertz CT molecular complexity index is 741. The van der Waals surface area contributed by atoms with Gasteiger partial charge in [-0.15, -0.1) is 0 Å². The Kier molecular flexibility index (Phi) is 5.10. The van der Waals surface area contributed by atoms with Crippen molar-refractivity contribution in [3.8, 4) is 0 Å². The molecule has 0 heterocycles. The summed E-state index contributed by atoms with van der Waals surface area (Å²) in [5, 5.41) is -0.606. The van der Waals surface area contributed by atoms with E-state index in [1.807, 2.05) is 0 Å². The molecule has 0 spiro atoms. The zero-order valence-corrected chi connectivity index (χ0v) is 13.0. The van der Waals surface area contributed by atoms with Gasteiger partial charge in [0.2, 0.25) is 0 Å². The third kappa shape index (κ3) is 4.18. The van der Waals surface area contributed by atoms with Gasteiger partial charge in [0.15, 0.2) is 0 Å². The van der Waals surface area contributed by atoms with Crippen molar-refractivity contribution in [1.29, 1.82) is 0 Å². The van der Waals surface area contributed by atoms with Crippen molar-refractivity contribution >= 4 is 34.6 Å². The summed E-state index contributed by atoms with van der Waals surface area (Å²) in [7, 11) is 0. The molecule has 0 bridgehead atoms. The van der Waals surface area contributed by atoms with Gasteiger partial charge in [-0.1, -0.05) is 29.3 Å². The molecule has 0 aliphatic heterocycles. The van der Waals surface area contributed by atoms with E-state index in [0.29, 0.717) is 0 Å². The highest BCUT2D eigenvalue weighted by Gasteiger charge is 2.37. The molecule has 0 atom stereocenters. The van der Waals surface area contributed by atoms with E-state index in [0.717, 1.165) is 30.3 Å². The van der Waals surface area contributed by atoms with Gasteiger partial charge in [0, 0.05) is 5.02 Å². The quantitative estimate of drug-likeness (QED) is 0.465. The molecular weight excluding hydrogens is 381 g/mol. The summed E-state index contributed by atoms with van der Waals surface area (Å²) in [5.41, 5.74) is 0.870. The minimum absolute atomic E-state index is 0.0190. The van der Waals surface area contributed by atoms with Crippen molar-refractivity contribution in [3.05, 3.63) is 57.6 Å². The van der Waals surface area contributed by atoms with Crippen LogP contribution >= 0.6 is 23.2 Å². The summed E-state index contributed by atoms with van der Waals surface area (Å²) < 4.78 is 77.8. The third-order valence-corrected chi connectivity index (χ3v) is 3.47. The Morgan fingerprint density at radius 2 is 1.38 bits per heavy atom. The fraction of sp³-hybridized carbons (Fsp3) is 0.143. The first-order valence-corrected chi connectivity index (χ1v) is 7.00. The number of anilines is 2. The highest BCUT2D eigenvalue weighted by Crippen LogP contribution is 2.40. The summed E-state index contributed by atoms with van der Waals surface area (Å²) in [6.45, 7) is 0. The number of benzene rings is 2. The zero-order valence-electron chi connectivity index (χ0n) is 11.5. The normalized spacial score (nSPS) is 12.2. The van der Waals surface area contributed by atoms with Gasteiger partial charge < -0.3 is 10.9 Å². The molecule has 0 fully saturated rings. The lowest BCUT2D eigenvalue weighted by molar-refractivity contribution is -0.137. The third-order valence-electron chi connectivity index (χ3n) is 2.92. The number of rotatable bonds is 3. The van der Waals surface area contributed by atoms with Gasteiger partial charge in [-0.25, -0.2) is 0 Å². The Hall–Kier alpha value is -1.80. The van der Waals surface area contributed by atoms with Crippen molar-refractivity contribution in [3.63, 3.8) is 0 Å². The molecule has 2 N–H and O–H groups in total. The first kappa shape index (κ1) is 18.5. The maximum atomic E-state index is 13.0. The molecule has 0 aliphatic rings. The van der Waals surface area contributed by atoms with Crippen LogP contribution in [0.3, 0.4) is 0 Å². The molecule has 10 heteroatoms. The molecule has 0 radical (unpaired) electrons. The van der Waals surface area contributed by atoms with Crippen LogP contribution in [0, 0.1) is 0 Å². The summed E-state index contributed by atoms with van der Waals surface area (Å²) in [6.07, 6.45) is -9.50. The SMILES string of the molecule is FC(F)(F)c1ccc(Cl)cc1NNc1cccc(Cl)c1C(F)(F)F. The van der Waals surface area contributed by atoms with E-state index in [-0.39, 0.29) is 5.02 Å². The van der Waals surface area contributed by atoms with Crippen molar-refractivity contribution in [2.24, 2.45) is 0 Å². The van der Waals surface area contributed by atoms with Crippen LogP contribution in [-0.2, 0) is 12.4 Å². The lowest BCUT2D eigenvalue weighted by Gasteiger charge is -2.19. The summed E-state index contributed by atoms with van der Waals surface area (Å²) in [4.78, 5) is 0. The standard InChI is InChI=1S/C14H8Cl2F6N2/c15-7-4-5-8(13(17,18)19)11(6-7)24-23-10-3-1-2-9(16)12(10)14(20,21)22/h1-6,23-24H. The van der Waals surface area contributed by atoms with E-state index in [4.69, 9.17) is 23.2 Å². The molecule has 0 aromatic heterocycles. The second-order valence-corrected chi connectivity index (χ2v) is 5.44. The molecular formula is C14H8Cl2F6N2. The molecule has 24 heavy (non-hydrogen) atoms. The Morgan fingerprint density at radius 1 is 0.750 bits per heavy atom. The van der Waals surface area contributed by atoms with E-state index in [1.165, 1.54) is 6.07 Å². The highest BCUT2D eigenvalue weighted by atomic mass is 35.5. The molecule has 2 rings (SSSR count). The Balaban J connectivity index is 2.37. The zero-order chi connectivity index (χ0) is 18.1. The van der Waals surface area contributed by atoms with Crippen LogP contribution < -0.4 is 10.9 Å². The van der Waals surface area contributed by atoms with Gasteiger partial charge in [0.1, 0.15) is 0 Å². The maximum Gasteiger partial charge on any atom is 0.419 e. The average molecular weight is 389 g/mol. The van der Waals surface area contributed by atoms with Crippen LogP contribution in [0.5, 0.6) is 0 Å². The summed E-state index contributed by atoms with van der Waals surface area (Å²) in [5.74, 6) is 0. The minimum Gasteiger partial charge on any atom is -0.300 e. The number of nitrogens with one attached hydrogen (secondary N) is 2. The fourth-order valence-electron chi connectivity index (χ4n) is 1.92. The smallest absolute Gasteiger partial charge is 0.300 e. The Morgan fingerprint density at radius 3 is 1.96 bits per heavy atom. The molecule has 0 saturated heterocycles. The molecule has 2 aromatic carbocycles. The van der Waals surface area contributed by atoms with Crippen molar-refractivity contribution in [1.82, 2.24) is 0 Å². The monoisotopic (exact) mass is 388 g/mol. The van der Waals surface area contributed by atoms with Gasteiger partial charge in [-0.3, -0.25) is 0 Å². The van der Waals surface area contributed by atoms with Crippen LogP contribution in [0.2, 0.25) is 10.0 Å². The van der Waals surface area contributed by atoms with Gasteiger partial charge in [-0.05, 0) is 30.3 Å². The summed E-state index contributed by atoms with van der Waals surface area (Å²) >= 11 is 11.2. The number of alkyl halides is 6. The predicted molar refractivity (Wildman–Crippen MR) is 80.2 cm³/mol. The highest BCUT2D eigenvalue weighted by molar-refractivity contribution is 6.32. The average Bonchev–Trinajstić information content (AvgIpc) is 2.42. The number of halogens is 8. The van der Waals surface area contributed by atoms with Gasteiger partial charge in [0.25, 0.3) is 0 Å². The van der Waals surface area contributed by atoms with Gasteiger partial charge in [0.05, 0.1) is 27.5 Å². The fourth-order valence-corrected chi connectivity index (χ4v) is 2.37. The van der Waals surface area contributed by atoms with Crippen LogP contribution in [-0.4, -0.2) is 0 Å².